The van der Waals surface area contributed by atoms with E-state index in [0.717, 1.165) is 57.3 Å². The highest BCUT2D eigenvalue weighted by molar-refractivity contribution is 5.93. The third kappa shape index (κ3) is 2.69. The van der Waals surface area contributed by atoms with E-state index in [4.69, 9.17) is 0 Å². The van der Waals surface area contributed by atoms with Crippen LogP contribution in [0.3, 0.4) is 0 Å². The van der Waals surface area contributed by atoms with Crippen LogP contribution >= 0.6 is 0 Å². The molecule has 0 radical (unpaired) electrons. The Hall–Kier alpha value is -2.32. The van der Waals surface area contributed by atoms with Crippen molar-refractivity contribution < 1.29 is 4.79 Å². The highest BCUT2D eigenvalue weighted by Crippen LogP contribution is 2.40. The molecule has 26 heavy (non-hydrogen) atoms. The fourth-order valence-corrected chi connectivity index (χ4v) is 4.84. The summed E-state index contributed by atoms with van der Waals surface area (Å²) in [5.41, 5.74) is 0.239. The van der Waals surface area contributed by atoms with Crippen molar-refractivity contribution in [3.63, 3.8) is 0 Å². The van der Waals surface area contributed by atoms with Crippen LogP contribution in [0.25, 0.3) is 0 Å². The van der Waals surface area contributed by atoms with Crippen LogP contribution in [0.2, 0.25) is 0 Å². The van der Waals surface area contributed by atoms with Crippen molar-refractivity contribution >= 4 is 11.6 Å². The van der Waals surface area contributed by atoms with Crippen molar-refractivity contribution in [2.75, 3.05) is 24.7 Å². The Bertz CT molecular complexity index is 718. The minimum Gasteiger partial charge on any atom is -0.339 e. The summed E-state index contributed by atoms with van der Waals surface area (Å²) in [6.07, 6.45) is 9.65. The lowest BCUT2D eigenvalue weighted by molar-refractivity contribution is -0.125. The number of nitrogens with one attached hydrogen (secondary N) is 1. The first kappa shape index (κ1) is 17.1. The first-order chi connectivity index (χ1) is 12.7. The van der Waals surface area contributed by atoms with Gasteiger partial charge in [0, 0.05) is 18.8 Å². The van der Waals surface area contributed by atoms with Crippen molar-refractivity contribution in [1.82, 2.24) is 10.2 Å². The summed E-state index contributed by atoms with van der Waals surface area (Å²) < 4.78 is 0. The van der Waals surface area contributed by atoms with Gasteiger partial charge in [0.2, 0.25) is 5.91 Å². The smallest absolute Gasteiger partial charge is 0.247 e. The maximum atomic E-state index is 12.8. The van der Waals surface area contributed by atoms with Crippen molar-refractivity contribution in [2.45, 2.75) is 49.6 Å². The van der Waals surface area contributed by atoms with Gasteiger partial charge in [0.15, 0.2) is 0 Å². The summed E-state index contributed by atoms with van der Waals surface area (Å²) in [6, 6.07) is 12.8. The lowest BCUT2D eigenvalue weighted by Gasteiger charge is -2.48. The molecule has 2 saturated heterocycles. The van der Waals surface area contributed by atoms with Gasteiger partial charge < -0.3 is 10.2 Å². The van der Waals surface area contributed by atoms with E-state index < -0.39 is 5.54 Å². The van der Waals surface area contributed by atoms with E-state index >= 15 is 0 Å². The van der Waals surface area contributed by atoms with Gasteiger partial charge in [-0.2, -0.15) is 5.26 Å². The van der Waals surface area contributed by atoms with E-state index in [1.165, 1.54) is 0 Å². The van der Waals surface area contributed by atoms with Crippen LogP contribution in [0.4, 0.5) is 5.69 Å². The predicted molar refractivity (Wildman–Crippen MR) is 101 cm³/mol. The Balaban J connectivity index is 1.54. The third-order valence-corrected chi connectivity index (χ3v) is 6.42. The molecule has 0 aromatic heterocycles. The molecule has 0 unspecified atom stereocenters. The summed E-state index contributed by atoms with van der Waals surface area (Å²) in [4.78, 5) is 17.3. The first-order valence-electron chi connectivity index (χ1n) is 9.63. The number of hydrogen-bond acceptors (Lipinski definition) is 4. The van der Waals surface area contributed by atoms with E-state index in [0.29, 0.717) is 6.67 Å². The van der Waals surface area contributed by atoms with Crippen LogP contribution in [-0.4, -0.2) is 41.6 Å². The van der Waals surface area contributed by atoms with E-state index in [1.54, 1.807) is 0 Å². The minimum atomic E-state index is -0.475. The third-order valence-electron chi connectivity index (χ3n) is 6.42. The lowest BCUT2D eigenvalue weighted by atomic mass is 9.81. The van der Waals surface area contributed by atoms with E-state index in [9.17, 15) is 10.1 Å². The summed E-state index contributed by atoms with van der Waals surface area (Å²) in [6.45, 7) is 2.16. The SMILES string of the molecule is N#CC1(N2CCC3(CC2)C(=O)NCN3c2ccccc2)CCC=CCC1. The second kappa shape index (κ2) is 6.77. The van der Waals surface area contributed by atoms with E-state index in [1.807, 2.05) is 18.2 Å². The molecule has 1 aromatic carbocycles. The standard InChI is InChI=1S/C21H26N4O/c22-16-20(10-6-1-2-7-11-20)24-14-12-21(13-15-24)19(26)23-17-25(21)18-8-4-3-5-9-18/h1-5,8-9H,6-7,10-15,17H2,(H,23,26). The quantitative estimate of drug-likeness (QED) is 0.833. The zero-order chi connectivity index (χ0) is 18.0. The number of anilines is 1. The number of hydrogen-bond donors (Lipinski definition) is 1. The first-order valence-corrected chi connectivity index (χ1v) is 9.63. The monoisotopic (exact) mass is 350 g/mol. The van der Waals surface area contributed by atoms with Gasteiger partial charge in [-0.25, -0.2) is 0 Å². The second-order valence-electron chi connectivity index (χ2n) is 7.64. The average Bonchev–Trinajstić information content (AvgIpc) is 2.87. The summed E-state index contributed by atoms with van der Waals surface area (Å²) >= 11 is 0. The van der Waals surface area contributed by atoms with Gasteiger partial charge >= 0.3 is 0 Å². The van der Waals surface area contributed by atoms with Gasteiger partial charge in [-0.1, -0.05) is 30.4 Å². The van der Waals surface area contributed by atoms with Gasteiger partial charge in [0.1, 0.15) is 11.1 Å². The molecule has 136 valence electrons. The molecule has 0 atom stereocenters. The van der Waals surface area contributed by atoms with Crippen LogP contribution in [0.1, 0.15) is 38.5 Å². The Morgan fingerprint density at radius 3 is 2.27 bits per heavy atom. The highest BCUT2D eigenvalue weighted by Gasteiger charge is 2.52. The van der Waals surface area contributed by atoms with E-state index in [2.05, 4.69) is 45.5 Å². The highest BCUT2D eigenvalue weighted by atomic mass is 16.2. The number of nitriles is 1. The average molecular weight is 350 g/mol. The Morgan fingerprint density at radius 1 is 1.00 bits per heavy atom. The zero-order valence-corrected chi connectivity index (χ0v) is 15.2. The van der Waals surface area contributed by atoms with Crippen LogP contribution in [0.15, 0.2) is 42.5 Å². The summed E-state index contributed by atoms with van der Waals surface area (Å²) in [5, 5.41) is 13.0. The number of rotatable bonds is 2. The lowest BCUT2D eigenvalue weighted by Crippen LogP contribution is -2.60. The molecule has 5 nitrogen and oxygen atoms in total. The van der Waals surface area contributed by atoms with E-state index in [-0.39, 0.29) is 11.4 Å². The van der Waals surface area contributed by atoms with Crippen molar-refractivity contribution in [1.29, 1.82) is 5.26 Å². The maximum absolute atomic E-state index is 12.8. The number of amides is 1. The predicted octanol–water partition coefficient (Wildman–Crippen LogP) is 2.81. The summed E-state index contributed by atoms with van der Waals surface area (Å²) in [7, 11) is 0. The summed E-state index contributed by atoms with van der Waals surface area (Å²) in [5.74, 6) is 0.134. The number of carbonyl (C=O) groups is 1. The number of nitrogens with zero attached hydrogens (tertiary/aromatic N) is 3. The zero-order valence-electron chi connectivity index (χ0n) is 15.2. The second-order valence-corrected chi connectivity index (χ2v) is 7.64. The molecule has 1 N–H and O–H groups in total. The largest absolute Gasteiger partial charge is 0.339 e. The molecule has 1 aliphatic carbocycles. The van der Waals surface area contributed by atoms with Crippen LogP contribution in [0.5, 0.6) is 0 Å². The molecular weight excluding hydrogens is 324 g/mol. The van der Waals surface area contributed by atoms with Gasteiger partial charge in [-0.05, 0) is 50.7 Å². The fourth-order valence-electron chi connectivity index (χ4n) is 4.84. The number of benzene rings is 1. The van der Waals surface area contributed by atoms with Gasteiger partial charge in [-0.15, -0.1) is 0 Å². The molecular formula is C21H26N4O. The number of piperidine rings is 1. The maximum Gasteiger partial charge on any atom is 0.247 e. The molecule has 3 aliphatic rings. The fraction of sp³-hybridized carbons (Fsp3) is 0.524. The van der Waals surface area contributed by atoms with Crippen LogP contribution in [-0.2, 0) is 4.79 Å². The Kier molecular flexibility index (Phi) is 4.46. The molecule has 1 aromatic rings. The minimum absolute atomic E-state index is 0.134. The number of allylic oxidation sites excluding steroid dienone is 2. The molecule has 2 heterocycles. The Morgan fingerprint density at radius 2 is 1.65 bits per heavy atom. The van der Waals surface area contributed by atoms with Gasteiger partial charge in [0.25, 0.3) is 0 Å². The molecule has 4 rings (SSSR count). The van der Waals surface area contributed by atoms with Crippen molar-refractivity contribution in [3.05, 3.63) is 42.5 Å². The van der Waals surface area contributed by atoms with Crippen LogP contribution < -0.4 is 10.2 Å². The van der Waals surface area contributed by atoms with Crippen molar-refractivity contribution in [2.24, 2.45) is 0 Å². The topological polar surface area (TPSA) is 59.4 Å². The van der Waals surface area contributed by atoms with Crippen molar-refractivity contribution in [3.8, 4) is 6.07 Å². The molecule has 1 spiro atoms. The molecule has 5 heteroatoms. The van der Waals surface area contributed by atoms with Gasteiger partial charge in [0.05, 0.1) is 12.7 Å². The van der Waals surface area contributed by atoms with Crippen LogP contribution in [0, 0.1) is 11.3 Å². The van der Waals surface area contributed by atoms with Gasteiger partial charge in [-0.3, -0.25) is 9.69 Å². The molecule has 1 amide bonds. The number of carbonyl (C=O) groups excluding carboxylic acids is 1. The number of likely N-dealkylation sites (tertiary alicyclic amines) is 1. The molecule has 0 bridgehead atoms. The molecule has 2 aliphatic heterocycles. The normalized spacial score (nSPS) is 24.9. The Labute approximate surface area is 155 Å². The molecule has 0 saturated carbocycles. The molecule has 2 fully saturated rings. The number of para-hydroxylation sites is 1.